The average molecular weight is 171 g/mol. The van der Waals surface area contributed by atoms with Crippen LogP contribution in [0.2, 0.25) is 0 Å². The Bertz CT molecular complexity index is 330. The molecule has 2 aliphatic carbocycles. The van der Waals surface area contributed by atoms with E-state index in [0.717, 1.165) is 11.8 Å². The van der Waals surface area contributed by atoms with E-state index in [1.807, 2.05) is 0 Å². The van der Waals surface area contributed by atoms with E-state index in [0.29, 0.717) is 0 Å². The van der Waals surface area contributed by atoms with Crippen LogP contribution in [0.3, 0.4) is 0 Å². The van der Waals surface area contributed by atoms with Crippen LogP contribution in [0.25, 0.3) is 0 Å². The SMILES string of the molecule is [CH2]c1ccc(C2CC2)c(C2CC2)c1. The van der Waals surface area contributed by atoms with Crippen molar-refractivity contribution in [2.75, 3.05) is 0 Å². The monoisotopic (exact) mass is 171 g/mol. The molecule has 0 saturated heterocycles. The molecule has 13 heavy (non-hydrogen) atoms. The first-order valence-corrected chi connectivity index (χ1v) is 5.30. The third kappa shape index (κ3) is 1.39. The van der Waals surface area contributed by atoms with E-state index in [1.165, 1.54) is 31.2 Å². The van der Waals surface area contributed by atoms with E-state index in [1.54, 1.807) is 11.1 Å². The summed E-state index contributed by atoms with van der Waals surface area (Å²) in [6.07, 6.45) is 5.64. The van der Waals surface area contributed by atoms with Crippen LogP contribution in [0.15, 0.2) is 18.2 Å². The van der Waals surface area contributed by atoms with E-state index in [-0.39, 0.29) is 0 Å². The van der Waals surface area contributed by atoms with Crippen LogP contribution in [0.5, 0.6) is 0 Å². The van der Waals surface area contributed by atoms with E-state index in [2.05, 4.69) is 25.1 Å². The van der Waals surface area contributed by atoms with Crippen molar-refractivity contribution >= 4 is 0 Å². The maximum atomic E-state index is 4.01. The lowest BCUT2D eigenvalue weighted by Gasteiger charge is -2.08. The van der Waals surface area contributed by atoms with Crippen molar-refractivity contribution in [2.24, 2.45) is 0 Å². The smallest absolute Gasteiger partial charge is 0.0159 e. The van der Waals surface area contributed by atoms with Crippen LogP contribution < -0.4 is 0 Å². The van der Waals surface area contributed by atoms with Crippen molar-refractivity contribution in [3.8, 4) is 0 Å². The molecule has 0 nitrogen and oxygen atoms in total. The summed E-state index contributed by atoms with van der Waals surface area (Å²) in [6, 6.07) is 6.79. The van der Waals surface area contributed by atoms with Crippen molar-refractivity contribution in [1.29, 1.82) is 0 Å². The van der Waals surface area contributed by atoms with E-state index in [4.69, 9.17) is 0 Å². The standard InChI is InChI=1S/C13H15/c1-9-2-7-12(10-3-4-10)13(8-9)11-5-6-11/h2,7-8,10-11H,1,3-6H2. The van der Waals surface area contributed by atoms with Crippen LogP contribution >= 0.6 is 0 Å². The number of hydrogen-bond acceptors (Lipinski definition) is 0. The van der Waals surface area contributed by atoms with Gasteiger partial charge in [-0.2, -0.15) is 0 Å². The summed E-state index contributed by atoms with van der Waals surface area (Å²) in [4.78, 5) is 0. The fraction of sp³-hybridized carbons (Fsp3) is 0.462. The molecule has 0 bridgehead atoms. The molecule has 1 radical (unpaired) electrons. The number of rotatable bonds is 2. The van der Waals surface area contributed by atoms with Crippen LogP contribution in [0.1, 0.15) is 54.2 Å². The van der Waals surface area contributed by atoms with Gasteiger partial charge in [-0.05, 0) is 61.1 Å². The highest BCUT2D eigenvalue weighted by molar-refractivity contribution is 5.41. The first-order valence-electron chi connectivity index (χ1n) is 5.30. The second kappa shape index (κ2) is 2.60. The molecule has 2 aliphatic rings. The summed E-state index contributed by atoms with van der Waals surface area (Å²) in [6.45, 7) is 4.01. The summed E-state index contributed by atoms with van der Waals surface area (Å²) < 4.78 is 0. The highest BCUT2D eigenvalue weighted by Gasteiger charge is 2.32. The molecule has 0 aromatic heterocycles. The second-order valence-corrected chi connectivity index (χ2v) is 4.51. The molecule has 0 atom stereocenters. The average Bonchev–Trinajstić information content (AvgIpc) is 3.00. The Kier molecular flexibility index (Phi) is 1.52. The van der Waals surface area contributed by atoms with Crippen molar-refractivity contribution < 1.29 is 0 Å². The van der Waals surface area contributed by atoms with Gasteiger partial charge in [0.25, 0.3) is 0 Å². The van der Waals surface area contributed by atoms with Crippen molar-refractivity contribution in [2.45, 2.75) is 37.5 Å². The molecule has 0 N–H and O–H groups in total. The fourth-order valence-corrected chi connectivity index (χ4v) is 2.14. The van der Waals surface area contributed by atoms with Crippen LogP contribution in [0, 0.1) is 6.92 Å². The molecule has 0 amide bonds. The predicted molar refractivity (Wildman–Crippen MR) is 54.9 cm³/mol. The quantitative estimate of drug-likeness (QED) is 0.637. The van der Waals surface area contributed by atoms with Crippen molar-refractivity contribution in [3.05, 3.63) is 41.8 Å². The van der Waals surface area contributed by atoms with Gasteiger partial charge in [-0.25, -0.2) is 0 Å². The zero-order chi connectivity index (χ0) is 8.84. The van der Waals surface area contributed by atoms with Gasteiger partial charge >= 0.3 is 0 Å². The van der Waals surface area contributed by atoms with Crippen molar-refractivity contribution in [3.63, 3.8) is 0 Å². The Morgan fingerprint density at radius 3 is 2.15 bits per heavy atom. The topological polar surface area (TPSA) is 0 Å². The van der Waals surface area contributed by atoms with Gasteiger partial charge in [0.1, 0.15) is 0 Å². The predicted octanol–water partition coefficient (Wildman–Crippen LogP) is 3.62. The van der Waals surface area contributed by atoms with Gasteiger partial charge in [0.05, 0.1) is 0 Å². The molecular weight excluding hydrogens is 156 g/mol. The van der Waals surface area contributed by atoms with Gasteiger partial charge < -0.3 is 0 Å². The minimum absolute atomic E-state index is 0.886. The maximum absolute atomic E-state index is 4.01. The molecule has 2 saturated carbocycles. The Balaban J connectivity index is 2.04. The minimum atomic E-state index is 0.886. The van der Waals surface area contributed by atoms with Crippen LogP contribution in [0.4, 0.5) is 0 Å². The van der Waals surface area contributed by atoms with E-state index < -0.39 is 0 Å². The molecule has 67 valence electrons. The van der Waals surface area contributed by atoms with Gasteiger partial charge in [-0.15, -0.1) is 0 Å². The lowest BCUT2D eigenvalue weighted by molar-refractivity contribution is 1.02. The molecule has 2 fully saturated rings. The van der Waals surface area contributed by atoms with E-state index in [9.17, 15) is 0 Å². The first-order chi connectivity index (χ1) is 6.34. The Morgan fingerprint density at radius 2 is 1.54 bits per heavy atom. The van der Waals surface area contributed by atoms with Gasteiger partial charge in [0, 0.05) is 0 Å². The third-order valence-electron chi connectivity index (χ3n) is 3.19. The lowest BCUT2D eigenvalue weighted by Crippen LogP contribution is -1.90. The third-order valence-corrected chi connectivity index (χ3v) is 3.19. The molecule has 0 unspecified atom stereocenters. The fourth-order valence-electron chi connectivity index (χ4n) is 2.14. The molecule has 0 heterocycles. The van der Waals surface area contributed by atoms with Crippen LogP contribution in [-0.2, 0) is 0 Å². The highest BCUT2D eigenvalue weighted by atomic mass is 14.4. The summed E-state index contributed by atoms with van der Waals surface area (Å²) in [5, 5.41) is 0. The Hall–Kier alpha value is -0.780. The second-order valence-electron chi connectivity index (χ2n) is 4.51. The lowest BCUT2D eigenvalue weighted by atomic mass is 9.97. The van der Waals surface area contributed by atoms with Gasteiger partial charge in [-0.1, -0.05) is 18.2 Å². The summed E-state index contributed by atoms with van der Waals surface area (Å²) in [7, 11) is 0. The first kappa shape index (κ1) is 7.61. The molecule has 0 heteroatoms. The van der Waals surface area contributed by atoms with Crippen LogP contribution in [-0.4, -0.2) is 0 Å². The number of hydrogen-bond donors (Lipinski definition) is 0. The maximum Gasteiger partial charge on any atom is -0.0159 e. The molecule has 0 aliphatic heterocycles. The summed E-state index contributed by atoms with van der Waals surface area (Å²) in [5.41, 5.74) is 4.44. The Morgan fingerprint density at radius 1 is 0.923 bits per heavy atom. The summed E-state index contributed by atoms with van der Waals surface area (Å²) in [5.74, 6) is 1.79. The van der Waals surface area contributed by atoms with Gasteiger partial charge in [0.2, 0.25) is 0 Å². The zero-order valence-electron chi connectivity index (χ0n) is 7.92. The van der Waals surface area contributed by atoms with Gasteiger partial charge in [0.15, 0.2) is 0 Å². The highest BCUT2D eigenvalue weighted by Crippen LogP contribution is 2.49. The molecule has 3 rings (SSSR count). The van der Waals surface area contributed by atoms with Gasteiger partial charge in [-0.3, -0.25) is 0 Å². The normalized spacial score (nSPS) is 21.9. The molecule has 1 aromatic rings. The zero-order valence-corrected chi connectivity index (χ0v) is 7.92. The Labute approximate surface area is 80.0 Å². The largest absolute Gasteiger partial charge is 0.0587 e. The molecule has 1 aromatic carbocycles. The van der Waals surface area contributed by atoms with E-state index >= 15 is 0 Å². The van der Waals surface area contributed by atoms with Crippen molar-refractivity contribution in [1.82, 2.24) is 0 Å². The number of benzene rings is 1. The molecular formula is C13H15. The minimum Gasteiger partial charge on any atom is -0.0587 e. The summed E-state index contributed by atoms with van der Waals surface area (Å²) >= 11 is 0. The molecule has 0 spiro atoms.